The number of pyridine rings is 1. The Morgan fingerprint density at radius 2 is 1.77 bits per heavy atom. The van der Waals surface area contributed by atoms with E-state index in [0.717, 1.165) is 10.9 Å². The first kappa shape index (κ1) is 25.0. The number of carbonyl (C=O) groups is 1. The van der Waals surface area contributed by atoms with Gasteiger partial charge in [0.2, 0.25) is 15.9 Å². The first-order valence-electron chi connectivity index (χ1n) is 11.6. The van der Waals surface area contributed by atoms with Crippen molar-refractivity contribution in [1.29, 1.82) is 0 Å². The minimum absolute atomic E-state index is 0.0198. The van der Waals surface area contributed by atoms with Crippen molar-refractivity contribution in [3.63, 3.8) is 0 Å². The van der Waals surface area contributed by atoms with Crippen LogP contribution in [0.4, 0.5) is 0 Å². The zero-order valence-corrected chi connectivity index (χ0v) is 21.2. The number of nitrogens with zero attached hydrogens (tertiary/aromatic N) is 3. The highest BCUT2D eigenvalue weighted by atomic mass is 32.2. The van der Waals surface area contributed by atoms with Crippen LogP contribution < -0.4 is 9.47 Å². The average molecular weight is 502 g/mol. The second-order valence-electron chi connectivity index (χ2n) is 8.83. The third-order valence-corrected chi connectivity index (χ3v) is 8.10. The van der Waals surface area contributed by atoms with Gasteiger partial charge in [0.25, 0.3) is 0 Å². The summed E-state index contributed by atoms with van der Waals surface area (Å²) in [5, 5.41) is 0.928. The maximum Gasteiger partial charge on any atom is 0.325 e. The van der Waals surface area contributed by atoms with Gasteiger partial charge in [0.15, 0.2) is 0 Å². The van der Waals surface area contributed by atoms with Crippen molar-refractivity contribution in [1.82, 2.24) is 13.9 Å². The number of carbonyl (C=O) groups excluding carboxylic acids is 1. The van der Waals surface area contributed by atoms with Crippen molar-refractivity contribution in [2.24, 2.45) is 0 Å². The van der Waals surface area contributed by atoms with E-state index in [1.807, 2.05) is 26.1 Å². The Kier molecular flexibility index (Phi) is 7.32. The third kappa shape index (κ3) is 5.28. The number of hydrogen-bond acceptors (Lipinski definition) is 7. The molecule has 2 aromatic heterocycles. The summed E-state index contributed by atoms with van der Waals surface area (Å²) in [5.41, 5.74) is 1.69. The van der Waals surface area contributed by atoms with E-state index in [9.17, 15) is 13.2 Å². The summed E-state index contributed by atoms with van der Waals surface area (Å²) in [6.07, 6.45) is 3.27. The molecule has 0 atom stereocenters. The zero-order valence-electron chi connectivity index (χ0n) is 20.4. The smallest absolute Gasteiger partial charge is 0.325 e. The molecule has 1 saturated heterocycles. The molecule has 0 saturated carbocycles. The molecular formula is C25H31N3O6S. The topological polar surface area (TPSA) is 100.0 Å². The van der Waals surface area contributed by atoms with Gasteiger partial charge in [-0.15, -0.1) is 0 Å². The quantitative estimate of drug-likeness (QED) is 0.435. The molecule has 0 bridgehead atoms. The first-order chi connectivity index (χ1) is 16.7. The molecular weight excluding hydrogens is 470 g/mol. The van der Waals surface area contributed by atoms with Crippen molar-refractivity contribution in [3.8, 4) is 11.6 Å². The molecule has 0 unspecified atom stereocenters. The second-order valence-corrected chi connectivity index (χ2v) is 10.8. The van der Waals surface area contributed by atoms with Gasteiger partial charge < -0.3 is 18.8 Å². The molecule has 3 aromatic rings. The summed E-state index contributed by atoms with van der Waals surface area (Å²) in [4.78, 5) is 16.7. The van der Waals surface area contributed by atoms with Crippen LogP contribution in [0, 0.1) is 0 Å². The summed E-state index contributed by atoms with van der Waals surface area (Å²) in [6, 6.07) is 10.3. The summed E-state index contributed by atoms with van der Waals surface area (Å²) in [6.45, 7) is 4.70. The van der Waals surface area contributed by atoms with Crippen molar-refractivity contribution >= 4 is 27.0 Å². The SMILES string of the molecule is COC(=O)Cn1cc(C2CCN(S(=O)(=O)c3ccc(OC(C)C)cc3)CC2)c2ccc(OC)nc21. The first-order valence-corrected chi connectivity index (χ1v) is 13.0. The van der Waals surface area contributed by atoms with Crippen molar-refractivity contribution < 1.29 is 27.4 Å². The van der Waals surface area contributed by atoms with E-state index in [1.54, 1.807) is 42.0 Å². The van der Waals surface area contributed by atoms with Crippen LogP contribution in [0.5, 0.6) is 11.6 Å². The second kappa shape index (κ2) is 10.2. The monoisotopic (exact) mass is 501 g/mol. The fraction of sp³-hybridized carbons (Fsp3) is 0.440. The Labute approximate surface area is 205 Å². The molecule has 35 heavy (non-hydrogen) atoms. The van der Waals surface area contributed by atoms with Gasteiger partial charge in [0.05, 0.1) is 25.2 Å². The number of aromatic nitrogens is 2. The van der Waals surface area contributed by atoms with Gasteiger partial charge in [-0.05, 0) is 68.5 Å². The van der Waals surface area contributed by atoms with Crippen molar-refractivity contribution in [2.75, 3.05) is 27.3 Å². The van der Waals surface area contributed by atoms with Gasteiger partial charge in [-0.3, -0.25) is 4.79 Å². The van der Waals surface area contributed by atoms with Crippen molar-refractivity contribution in [2.45, 2.75) is 50.2 Å². The number of benzene rings is 1. The highest BCUT2D eigenvalue weighted by molar-refractivity contribution is 7.89. The van der Waals surface area contributed by atoms with Crippen LogP contribution in [0.2, 0.25) is 0 Å². The molecule has 188 valence electrons. The summed E-state index contributed by atoms with van der Waals surface area (Å²) in [5.74, 6) is 0.869. The standard InChI is InChI=1S/C25H31N3O6S/c1-17(2)34-19-5-7-20(8-6-19)35(30,31)28-13-11-18(12-14-28)22-15-27(16-24(29)33-4)25-21(22)9-10-23(26-25)32-3/h5-10,15,17-18H,11-14,16H2,1-4H3. The van der Waals surface area contributed by atoms with Crippen molar-refractivity contribution in [3.05, 3.63) is 48.2 Å². The van der Waals surface area contributed by atoms with E-state index in [1.165, 1.54) is 11.4 Å². The van der Waals surface area contributed by atoms with Crippen LogP contribution in [0.25, 0.3) is 11.0 Å². The largest absolute Gasteiger partial charge is 0.491 e. The van der Waals surface area contributed by atoms with E-state index in [2.05, 4.69) is 4.98 Å². The minimum Gasteiger partial charge on any atom is -0.491 e. The van der Waals surface area contributed by atoms with Gasteiger partial charge in [0, 0.05) is 30.7 Å². The number of piperidine rings is 1. The number of hydrogen-bond donors (Lipinski definition) is 0. The number of fused-ring (bicyclic) bond motifs is 1. The minimum atomic E-state index is -3.60. The Hall–Kier alpha value is -3.11. The number of methoxy groups -OCH3 is 2. The molecule has 0 amide bonds. The van der Waals surface area contributed by atoms with E-state index in [0.29, 0.717) is 43.2 Å². The molecule has 4 rings (SSSR count). The number of esters is 1. The highest BCUT2D eigenvalue weighted by Crippen LogP contribution is 2.36. The third-order valence-electron chi connectivity index (χ3n) is 6.19. The molecule has 0 radical (unpaired) electrons. The summed E-state index contributed by atoms with van der Waals surface area (Å²) < 4.78 is 45.4. The summed E-state index contributed by atoms with van der Waals surface area (Å²) in [7, 11) is -0.699. The fourth-order valence-corrected chi connectivity index (χ4v) is 5.93. The van der Waals surface area contributed by atoms with Gasteiger partial charge in [-0.1, -0.05) is 0 Å². The van der Waals surface area contributed by atoms with Crippen LogP contribution in [0.3, 0.4) is 0 Å². The van der Waals surface area contributed by atoms with Gasteiger partial charge in [-0.2, -0.15) is 9.29 Å². The maximum absolute atomic E-state index is 13.2. The lowest BCUT2D eigenvalue weighted by Gasteiger charge is -2.31. The molecule has 1 aromatic carbocycles. The van der Waals surface area contributed by atoms with Gasteiger partial charge >= 0.3 is 5.97 Å². The molecule has 10 heteroatoms. The van der Waals surface area contributed by atoms with Crippen LogP contribution in [-0.2, 0) is 26.1 Å². The van der Waals surface area contributed by atoms with Crippen LogP contribution >= 0.6 is 0 Å². The van der Waals surface area contributed by atoms with Crippen LogP contribution in [0.1, 0.15) is 38.2 Å². The Balaban J connectivity index is 1.53. The Bertz CT molecular complexity index is 1290. The van der Waals surface area contributed by atoms with E-state index < -0.39 is 10.0 Å². The lowest BCUT2D eigenvalue weighted by molar-refractivity contribution is -0.141. The zero-order chi connectivity index (χ0) is 25.2. The predicted octanol–water partition coefficient (Wildman–Crippen LogP) is 3.57. The molecule has 1 fully saturated rings. The maximum atomic E-state index is 13.2. The number of rotatable bonds is 8. The summed E-state index contributed by atoms with van der Waals surface area (Å²) >= 11 is 0. The molecule has 0 aliphatic carbocycles. The molecule has 1 aliphatic heterocycles. The fourth-order valence-electron chi connectivity index (χ4n) is 4.46. The number of ether oxygens (including phenoxy) is 3. The van der Waals surface area contributed by atoms with Gasteiger partial charge in [-0.25, -0.2) is 8.42 Å². The average Bonchev–Trinajstić information content (AvgIpc) is 3.21. The Morgan fingerprint density at radius 3 is 2.37 bits per heavy atom. The van der Waals surface area contributed by atoms with Crippen LogP contribution in [0.15, 0.2) is 47.5 Å². The molecule has 1 aliphatic rings. The van der Waals surface area contributed by atoms with E-state index in [-0.39, 0.29) is 29.4 Å². The van der Waals surface area contributed by atoms with Crippen LogP contribution in [-0.4, -0.2) is 61.7 Å². The molecule has 0 spiro atoms. The lowest BCUT2D eigenvalue weighted by Crippen LogP contribution is -2.37. The predicted molar refractivity (Wildman–Crippen MR) is 131 cm³/mol. The Morgan fingerprint density at radius 1 is 1.09 bits per heavy atom. The molecule has 3 heterocycles. The molecule has 0 N–H and O–H groups in total. The number of sulfonamides is 1. The molecule has 9 nitrogen and oxygen atoms in total. The van der Waals surface area contributed by atoms with Gasteiger partial charge in [0.1, 0.15) is 17.9 Å². The highest BCUT2D eigenvalue weighted by Gasteiger charge is 2.31. The van der Waals surface area contributed by atoms with E-state index >= 15 is 0 Å². The lowest BCUT2D eigenvalue weighted by atomic mass is 9.90. The van der Waals surface area contributed by atoms with E-state index in [4.69, 9.17) is 14.2 Å². The normalized spacial score (nSPS) is 15.5.